The van der Waals surface area contributed by atoms with Crippen LogP contribution in [0.2, 0.25) is 0 Å². The summed E-state index contributed by atoms with van der Waals surface area (Å²) < 4.78 is 66.2. The summed E-state index contributed by atoms with van der Waals surface area (Å²) in [4.78, 5) is 13.6. The number of benzene rings is 2. The van der Waals surface area contributed by atoms with Crippen molar-refractivity contribution >= 4 is 17.3 Å². The summed E-state index contributed by atoms with van der Waals surface area (Å²) in [6.07, 6.45) is 0. The smallest absolute Gasteiger partial charge is 0.261 e. The van der Waals surface area contributed by atoms with Gasteiger partial charge in [0.1, 0.15) is 5.56 Å². The molecule has 1 amide bonds. The third kappa shape index (κ3) is 3.10. The third-order valence-corrected chi connectivity index (χ3v) is 3.08. The monoisotopic (exact) mass is 330 g/mol. The van der Waals surface area contributed by atoms with Crippen LogP contribution in [0, 0.1) is 29.1 Å². The van der Waals surface area contributed by atoms with Gasteiger partial charge >= 0.3 is 0 Å². The van der Waals surface area contributed by atoms with Crippen molar-refractivity contribution in [1.82, 2.24) is 0 Å². The number of hydrogen-bond donors (Lipinski definition) is 1. The largest absolute Gasteiger partial charge is 0.378 e. The summed E-state index contributed by atoms with van der Waals surface area (Å²) in [5, 5.41) is 2.09. The molecule has 0 saturated heterocycles. The van der Waals surface area contributed by atoms with Crippen LogP contribution in [0.15, 0.2) is 24.3 Å². The highest BCUT2D eigenvalue weighted by Gasteiger charge is 2.29. The molecule has 0 aliphatic heterocycles. The lowest BCUT2D eigenvalue weighted by Crippen LogP contribution is -2.19. The van der Waals surface area contributed by atoms with Crippen molar-refractivity contribution in [3.05, 3.63) is 58.9 Å². The van der Waals surface area contributed by atoms with Crippen LogP contribution in [0.4, 0.5) is 33.3 Å². The Morgan fingerprint density at radius 1 is 0.826 bits per heavy atom. The summed E-state index contributed by atoms with van der Waals surface area (Å²) >= 11 is 0. The zero-order valence-electron chi connectivity index (χ0n) is 12.1. The molecule has 0 unspecified atom stereocenters. The molecule has 0 aliphatic rings. The molecule has 3 nitrogen and oxygen atoms in total. The van der Waals surface area contributed by atoms with Crippen LogP contribution in [0.1, 0.15) is 10.4 Å². The number of rotatable bonds is 3. The van der Waals surface area contributed by atoms with Crippen molar-refractivity contribution in [2.45, 2.75) is 0 Å². The number of nitrogens with zero attached hydrogens (tertiary/aromatic N) is 1. The molecule has 0 saturated carbocycles. The van der Waals surface area contributed by atoms with Crippen LogP contribution in [0.3, 0.4) is 0 Å². The minimum atomic E-state index is -2.31. The Labute approximate surface area is 128 Å². The molecule has 0 aliphatic carbocycles. The van der Waals surface area contributed by atoms with Crippen LogP contribution < -0.4 is 10.2 Å². The molecule has 2 aromatic rings. The third-order valence-electron chi connectivity index (χ3n) is 3.08. The quantitative estimate of drug-likeness (QED) is 0.529. The van der Waals surface area contributed by atoms with E-state index in [1.54, 1.807) is 31.1 Å². The predicted octanol–water partition coefficient (Wildman–Crippen LogP) is 3.70. The number of hydrogen-bond acceptors (Lipinski definition) is 2. The van der Waals surface area contributed by atoms with Gasteiger partial charge in [-0.2, -0.15) is 0 Å². The number of nitrogens with one attached hydrogen (secondary N) is 1. The second kappa shape index (κ2) is 6.23. The van der Waals surface area contributed by atoms with Crippen LogP contribution in [0.25, 0.3) is 0 Å². The zero-order valence-corrected chi connectivity index (χ0v) is 12.1. The van der Waals surface area contributed by atoms with Crippen LogP contribution in [-0.4, -0.2) is 20.0 Å². The van der Waals surface area contributed by atoms with Crippen molar-refractivity contribution in [3.8, 4) is 0 Å². The van der Waals surface area contributed by atoms with Crippen molar-refractivity contribution in [2.24, 2.45) is 0 Å². The lowest BCUT2D eigenvalue weighted by Gasteiger charge is -2.13. The normalized spacial score (nSPS) is 10.6. The maximum absolute atomic E-state index is 13.5. The molecular formula is C15H11F5N2O. The van der Waals surface area contributed by atoms with E-state index in [0.29, 0.717) is 0 Å². The topological polar surface area (TPSA) is 32.3 Å². The van der Waals surface area contributed by atoms with Gasteiger partial charge in [0.15, 0.2) is 23.3 Å². The zero-order chi connectivity index (χ0) is 17.3. The average Bonchev–Trinajstić information content (AvgIpc) is 2.51. The highest BCUT2D eigenvalue weighted by molar-refractivity contribution is 6.04. The molecule has 23 heavy (non-hydrogen) atoms. The second-order valence-electron chi connectivity index (χ2n) is 4.84. The molecule has 0 radical (unpaired) electrons. The summed E-state index contributed by atoms with van der Waals surface area (Å²) in [5.74, 6) is -12.4. The first kappa shape index (κ1) is 16.7. The first-order valence-corrected chi connectivity index (χ1v) is 6.34. The number of halogens is 5. The van der Waals surface area contributed by atoms with E-state index in [1.165, 1.54) is 12.1 Å². The minimum Gasteiger partial charge on any atom is -0.378 e. The summed E-state index contributed by atoms with van der Waals surface area (Å²) in [7, 11) is 3.56. The van der Waals surface area contributed by atoms with Crippen molar-refractivity contribution < 1.29 is 26.7 Å². The molecule has 122 valence electrons. The maximum atomic E-state index is 13.5. The highest BCUT2D eigenvalue weighted by atomic mass is 19.2. The van der Waals surface area contributed by atoms with Crippen LogP contribution >= 0.6 is 0 Å². The summed E-state index contributed by atoms with van der Waals surface area (Å²) in [5.41, 5.74) is -0.596. The number of anilines is 2. The van der Waals surface area contributed by atoms with Gasteiger partial charge in [-0.3, -0.25) is 4.79 Å². The molecule has 0 atom stereocenters. The number of carbonyl (C=O) groups is 1. The number of amides is 1. The van der Waals surface area contributed by atoms with Gasteiger partial charge in [0.25, 0.3) is 5.91 Å². The minimum absolute atomic E-state index is 0.143. The fourth-order valence-electron chi connectivity index (χ4n) is 1.84. The van der Waals surface area contributed by atoms with Gasteiger partial charge in [-0.25, -0.2) is 22.0 Å². The molecule has 0 bridgehead atoms. The molecule has 0 spiro atoms. The predicted molar refractivity (Wildman–Crippen MR) is 75.0 cm³/mol. The Bertz CT molecular complexity index is 730. The van der Waals surface area contributed by atoms with Crippen molar-refractivity contribution in [3.63, 3.8) is 0 Å². The molecule has 8 heteroatoms. The van der Waals surface area contributed by atoms with E-state index in [1.807, 2.05) is 0 Å². The Balaban J connectivity index is 2.35. The lowest BCUT2D eigenvalue weighted by molar-refractivity contribution is 0.101. The molecular weight excluding hydrogens is 319 g/mol. The first-order valence-electron chi connectivity index (χ1n) is 6.34. The first-order chi connectivity index (χ1) is 10.7. The molecule has 2 rings (SSSR count). The van der Waals surface area contributed by atoms with Crippen LogP contribution in [0.5, 0.6) is 0 Å². The van der Waals surface area contributed by atoms with E-state index >= 15 is 0 Å². The molecule has 0 heterocycles. The van der Waals surface area contributed by atoms with Gasteiger partial charge in [0, 0.05) is 25.5 Å². The van der Waals surface area contributed by atoms with Crippen LogP contribution in [-0.2, 0) is 0 Å². The maximum Gasteiger partial charge on any atom is 0.261 e. The SMILES string of the molecule is CN(C)c1ccc(NC(=O)c2c(F)c(F)c(F)c(F)c2F)cc1. The molecule has 0 fully saturated rings. The molecule has 2 aromatic carbocycles. The fourth-order valence-corrected chi connectivity index (χ4v) is 1.84. The Hall–Kier alpha value is -2.64. The van der Waals surface area contributed by atoms with E-state index in [0.717, 1.165) is 5.69 Å². The van der Waals surface area contributed by atoms with Gasteiger partial charge in [0.05, 0.1) is 0 Å². The van der Waals surface area contributed by atoms with E-state index in [2.05, 4.69) is 5.32 Å². The lowest BCUT2D eigenvalue weighted by atomic mass is 10.1. The van der Waals surface area contributed by atoms with E-state index in [-0.39, 0.29) is 5.69 Å². The van der Waals surface area contributed by atoms with E-state index < -0.39 is 40.6 Å². The van der Waals surface area contributed by atoms with E-state index in [9.17, 15) is 26.7 Å². The Morgan fingerprint density at radius 3 is 1.70 bits per heavy atom. The van der Waals surface area contributed by atoms with E-state index in [4.69, 9.17) is 0 Å². The van der Waals surface area contributed by atoms with Gasteiger partial charge in [-0.1, -0.05) is 0 Å². The average molecular weight is 330 g/mol. The summed E-state index contributed by atoms with van der Waals surface area (Å²) in [6.45, 7) is 0. The molecule has 0 aromatic heterocycles. The Morgan fingerprint density at radius 2 is 1.26 bits per heavy atom. The van der Waals surface area contributed by atoms with Gasteiger partial charge in [-0.15, -0.1) is 0 Å². The van der Waals surface area contributed by atoms with Crippen molar-refractivity contribution in [2.75, 3.05) is 24.3 Å². The fraction of sp³-hybridized carbons (Fsp3) is 0.133. The van der Waals surface area contributed by atoms with Gasteiger partial charge < -0.3 is 10.2 Å². The number of carbonyl (C=O) groups excluding carboxylic acids is 1. The molecule has 1 N–H and O–H groups in total. The van der Waals surface area contributed by atoms with Crippen molar-refractivity contribution in [1.29, 1.82) is 0 Å². The second-order valence-corrected chi connectivity index (χ2v) is 4.84. The van der Waals surface area contributed by atoms with Gasteiger partial charge in [0.2, 0.25) is 5.82 Å². The standard InChI is InChI=1S/C15H11F5N2O/c1-22(2)8-5-3-7(4-6-8)21-15(23)9-10(16)12(18)14(20)13(19)11(9)17/h3-6H,1-2H3,(H,21,23). The Kier molecular flexibility index (Phi) is 4.53. The summed E-state index contributed by atoms with van der Waals surface area (Å²) in [6, 6.07) is 6.07. The highest BCUT2D eigenvalue weighted by Crippen LogP contribution is 2.24. The van der Waals surface area contributed by atoms with Gasteiger partial charge in [-0.05, 0) is 24.3 Å².